The highest BCUT2D eigenvalue weighted by molar-refractivity contribution is 5.99. The van der Waals surface area contributed by atoms with Gasteiger partial charge in [-0.15, -0.1) is 0 Å². The summed E-state index contributed by atoms with van der Waals surface area (Å²) in [6.07, 6.45) is 2.57. The monoisotopic (exact) mass is 168 g/mol. The zero-order chi connectivity index (χ0) is 9.19. The molecule has 0 aromatic carbocycles. The molecular formula is C9H16N2O. The van der Waals surface area contributed by atoms with Crippen molar-refractivity contribution in [2.45, 2.75) is 32.7 Å². The minimum Gasteiger partial charge on any atom is -0.393 e. The molecule has 3 heteroatoms. The summed E-state index contributed by atoms with van der Waals surface area (Å²) in [6, 6.07) is 0. The predicted molar refractivity (Wildman–Crippen MR) is 50.9 cm³/mol. The highest BCUT2D eigenvalue weighted by atomic mass is 16.3. The molecule has 1 aliphatic heterocycles. The third-order valence-corrected chi connectivity index (χ3v) is 2.18. The Morgan fingerprint density at radius 2 is 2.25 bits per heavy atom. The van der Waals surface area contributed by atoms with E-state index in [1.807, 2.05) is 6.92 Å². The summed E-state index contributed by atoms with van der Waals surface area (Å²) in [5, 5.41) is 9.12. The number of aliphatic hydroxyl groups excluding tert-OH is 1. The number of rotatable bonds is 3. The zero-order valence-corrected chi connectivity index (χ0v) is 7.91. The third-order valence-electron chi connectivity index (χ3n) is 2.18. The highest BCUT2D eigenvalue weighted by Crippen LogP contribution is 2.20. The van der Waals surface area contributed by atoms with Crippen LogP contribution < -0.4 is 0 Å². The SMILES string of the molecule is CCC1(CO)C=NC(C(C)C)=N1. The fourth-order valence-electron chi connectivity index (χ4n) is 1.11. The van der Waals surface area contributed by atoms with Gasteiger partial charge in [-0.1, -0.05) is 20.8 Å². The lowest BCUT2D eigenvalue weighted by atomic mass is 10.0. The van der Waals surface area contributed by atoms with Gasteiger partial charge in [-0.3, -0.25) is 4.99 Å². The Morgan fingerprint density at radius 1 is 1.58 bits per heavy atom. The number of amidine groups is 1. The molecule has 1 atom stereocenters. The normalized spacial score (nSPS) is 28.2. The topological polar surface area (TPSA) is 45.0 Å². The molecule has 0 aromatic heterocycles. The van der Waals surface area contributed by atoms with Gasteiger partial charge in [0, 0.05) is 12.1 Å². The molecular weight excluding hydrogens is 152 g/mol. The molecule has 1 heterocycles. The van der Waals surface area contributed by atoms with Crippen molar-refractivity contribution in [2.75, 3.05) is 6.61 Å². The van der Waals surface area contributed by atoms with Crippen molar-refractivity contribution in [3.63, 3.8) is 0 Å². The van der Waals surface area contributed by atoms with Crippen LogP contribution in [-0.4, -0.2) is 29.3 Å². The minimum absolute atomic E-state index is 0.0587. The summed E-state index contributed by atoms with van der Waals surface area (Å²) in [6.45, 7) is 6.18. The van der Waals surface area contributed by atoms with Crippen LogP contribution in [0.4, 0.5) is 0 Å². The molecule has 0 aromatic rings. The second-order valence-electron chi connectivity index (χ2n) is 3.50. The fourth-order valence-corrected chi connectivity index (χ4v) is 1.11. The van der Waals surface area contributed by atoms with Crippen molar-refractivity contribution >= 4 is 12.1 Å². The van der Waals surface area contributed by atoms with E-state index in [-0.39, 0.29) is 6.61 Å². The fraction of sp³-hybridized carbons (Fsp3) is 0.778. The lowest BCUT2D eigenvalue weighted by Crippen LogP contribution is -2.30. The maximum atomic E-state index is 9.12. The molecule has 0 fully saturated rings. The number of aliphatic imine (C=N–C) groups is 2. The second kappa shape index (κ2) is 3.35. The molecule has 0 bridgehead atoms. The molecule has 1 unspecified atom stereocenters. The van der Waals surface area contributed by atoms with Gasteiger partial charge in [0.15, 0.2) is 0 Å². The number of hydrogen-bond acceptors (Lipinski definition) is 3. The van der Waals surface area contributed by atoms with Crippen LogP contribution in [-0.2, 0) is 0 Å². The average Bonchev–Trinajstić information content (AvgIpc) is 2.49. The van der Waals surface area contributed by atoms with Gasteiger partial charge in [-0.25, -0.2) is 4.99 Å². The van der Waals surface area contributed by atoms with Crippen LogP contribution in [0.2, 0.25) is 0 Å². The Labute approximate surface area is 73.2 Å². The Hall–Kier alpha value is -0.700. The molecule has 0 aliphatic carbocycles. The van der Waals surface area contributed by atoms with Gasteiger partial charge in [0.25, 0.3) is 0 Å². The second-order valence-corrected chi connectivity index (χ2v) is 3.50. The quantitative estimate of drug-likeness (QED) is 0.677. The van der Waals surface area contributed by atoms with Crippen LogP contribution in [0.15, 0.2) is 9.98 Å². The molecule has 1 N–H and O–H groups in total. The van der Waals surface area contributed by atoms with Crippen molar-refractivity contribution in [1.29, 1.82) is 0 Å². The van der Waals surface area contributed by atoms with E-state index >= 15 is 0 Å². The van der Waals surface area contributed by atoms with Gasteiger partial charge < -0.3 is 5.11 Å². The Balaban J connectivity index is 2.82. The van der Waals surface area contributed by atoms with E-state index in [9.17, 15) is 0 Å². The minimum atomic E-state index is -0.417. The first kappa shape index (κ1) is 9.39. The Kier molecular flexibility index (Phi) is 2.62. The molecule has 12 heavy (non-hydrogen) atoms. The van der Waals surface area contributed by atoms with Gasteiger partial charge in [-0.05, 0) is 6.42 Å². The first-order valence-corrected chi connectivity index (χ1v) is 4.39. The van der Waals surface area contributed by atoms with Crippen molar-refractivity contribution in [3.8, 4) is 0 Å². The summed E-state index contributed by atoms with van der Waals surface area (Å²) in [7, 11) is 0. The molecule has 0 spiro atoms. The summed E-state index contributed by atoms with van der Waals surface area (Å²) < 4.78 is 0. The van der Waals surface area contributed by atoms with Gasteiger partial charge in [0.1, 0.15) is 11.4 Å². The van der Waals surface area contributed by atoms with E-state index in [4.69, 9.17) is 5.11 Å². The van der Waals surface area contributed by atoms with Gasteiger partial charge in [0.2, 0.25) is 0 Å². The van der Waals surface area contributed by atoms with Crippen LogP contribution in [0.25, 0.3) is 0 Å². The summed E-state index contributed by atoms with van der Waals surface area (Å²) in [5.74, 6) is 1.20. The van der Waals surface area contributed by atoms with Crippen molar-refractivity contribution in [2.24, 2.45) is 15.9 Å². The van der Waals surface area contributed by atoms with Crippen LogP contribution in [0.3, 0.4) is 0 Å². The summed E-state index contributed by atoms with van der Waals surface area (Å²) in [4.78, 5) is 8.60. The van der Waals surface area contributed by atoms with Crippen LogP contribution in [0.1, 0.15) is 27.2 Å². The first-order chi connectivity index (χ1) is 5.63. The Morgan fingerprint density at radius 3 is 2.50 bits per heavy atom. The van der Waals surface area contributed by atoms with Gasteiger partial charge in [-0.2, -0.15) is 0 Å². The number of hydrogen-bond donors (Lipinski definition) is 1. The van der Waals surface area contributed by atoms with E-state index in [0.717, 1.165) is 12.3 Å². The predicted octanol–water partition coefficient (Wildman–Crippen LogP) is 1.27. The molecule has 0 saturated carbocycles. The van der Waals surface area contributed by atoms with Crippen LogP contribution in [0, 0.1) is 5.92 Å². The average molecular weight is 168 g/mol. The van der Waals surface area contributed by atoms with E-state index < -0.39 is 5.54 Å². The van der Waals surface area contributed by atoms with E-state index in [1.54, 1.807) is 6.21 Å². The molecule has 1 rings (SSSR count). The zero-order valence-electron chi connectivity index (χ0n) is 7.91. The number of aliphatic hydroxyl groups is 1. The van der Waals surface area contributed by atoms with Crippen molar-refractivity contribution in [3.05, 3.63) is 0 Å². The summed E-state index contributed by atoms with van der Waals surface area (Å²) in [5.41, 5.74) is -0.417. The molecule has 3 nitrogen and oxygen atoms in total. The summed E-state index contributed by atoms with van der Waals surface area (Å²) >= 11 is 0. The van der Waals surface area contributed by atoms with Crippen molar-refractivity contribution < 1.29 is 5.11 Å². The van der Waals surface area contributed by atoms with Crippen LogP contribution in [0.5, 0.6) is 0 Å². The van der Waals surface area contributed by atoms with E-state index in [1.165, 1.54) is 0 Å². The van der Waals surface area contributed by atoms with E-state index in [0.29, 0.717) is 5.92 Å². The highest BCUT2D eigenvalue weighted by Gasteiger charge is 2.29. The van der Waals surface area contributed by atoms with Crippen LogP contribution >= 0.6 is 0 Å². The third kappa shape index (κ3) is 1.55. The first-order valence-electron chi connectivity index (χ1n) is 4.39. The van der Waals surface area contributed by atoms with Gasteiger partial charge >= 0.3 is 0 Å². The van der Waals surface area contributed by atoms with Gasteiger partial charge in [0.05, 0.1) is 6.61 Å². The molecule has 0 radical (unpaired) electrons. The molecule has 68 valence electrons. The smallest absolute Gasteiger partial charge is 0.126 e. The molecule has 0 saturated heterocycles. The molecule has 0 amide bonds. The maximum absolute atomic E-state index is 9.12. The Bertz CT molecular complexity index is 215. The maximum Gasteiger partial charge on any atom is 0.126 e. The number of nitrogens with zero attached hydrogens (tertiary/aromatic N) is 2. The molecule has 1 aliphatic rings. The lowest BCUT2D eigenvalue weighted by Gasteiger charge is -2.16. The van der Waals surface area contributed by atoms with Crippen molar-refractivity contribution in [1.82, 2.24) is 0 Å². The largest absolute Gasteiger partial charge is 0.393 e. The van der Waals surface area contributed by atoms with E-state index in [2.05, 4.69) is 23.8 Å². The lowest BCUT2D eigenvalue weighted by molar-refractivity contribution is 0.240. The standard InChI is InChI=1S/C9H16N2O/c1-4-9(6-12)5-10-8(11-9)7(2)3/h5,7,12H,4,6H2,1-3H3.